The fraction of sp³-hybridized carbons (Fsp3) is 0.529. The maximum absolute atomic E-state index is 11.4. The van der Waals surface area contributed by atoms with E-state index in [9.17, 15) is 4.79 Å². The summed E-state index contributed by atoms with van der Waals surface area (Å²) in [5.74, 6) is -0.212. The summed E-state index contributed by atoms with van der Waals surface area (Å²) < 4.78 is 11.6. The van der Waals surface area contributed by atoms with E-state index in [1.165, 1.54) is 11.8 Å². The third-order valence-electron chi connectivity index (χ3n) is 4.22. The average Bonchev–Trinajstić information content (AvgIpc) is 2.97. The first kappa shape index (κ1) is 16.4. The van der Waals surface area contributed by atoms with Crippen LogP contribution in [0, 0.1) is 0 Å². The Labute approximate surface area is 140 Å². The van der Waals surface area contributed by atoms with Crippen LogP contribution in [0.15, 0.2) is 24.3 Å². The first-order valence-corrected chi connectivity index (χ1v) is 8.74. The summed E-state index contributed by atoms with van der Waals surface area (Å²) in [5, 5.41) is 1.16. The number of esters is 1. The lowest BCUT2D eigenvalue weighted by Gasteiger charge is -2.36. The first-order chi connectivity index (χ1) is 11.2. The maximum atomic E-state index is 11.4. The van der Waals surface area contributed by atoms with Gasteiger partial charge in [0.1, 0.15) is 0 Å². The van der Waals surface area contributed by atoms with Crippen molar-refractivity contribution in [1.29, 1.82) is 0 Å². The molecule has 0 saturated carbocycles. The predicted molar refractivity (Wildman–Crippen MR) is 90.7 cm³/mol. The highest BCUT2D eigenvalue weighted by atomic mass is 32.1. The minimum Gasteiger partial charge on any atom is -0.469 e. The summed E-state index contributed by atoms with van der Waals surface area (Å²) in [6.45, 7) is 4.53. The molecule has 1 saturated heterocycles. The molecule has 3 rings (SSSR count). The number of nitrogens with zero attached hydrogens (tertiary/aromatic N) is 2. The molecule has 0 spiro atoms. The second kappa shape index (κ2) is 7.38. The van der Waals surface area contributed by atoms with Crippen LogP contribution in [0.3, 0.4) is 0 Å². The smallest absolute Gasteiger partial charge is 0.308 e. The molecule has 0 bridgehead atoms. The van der Waals surface area contributed by atoms with Crippen molar-refractivity contribution in [3.8, 4) is 0 Å². The van der Waals surface area contributed by atoms with E-state index in [0.717, 1.165) is 30.0 Å². The van der Waals surface area contributed by atoms with Crippen molar-refractivity contribution < 1.29 is 14.3 Å². The van der Waals surface area contributed by atoms with E-state index in [4.69, 9.17) is 14.5 Å². The first-order valence-electron chi connectivity index (χ1n) is 7.92. The fourth-order valence-corrected chi connectivity index (χ4v) is 4.01. The maximum Gasteiger partial charge on any atom is 0.308 e. The number of rotatable bonds is 5. The molecule has 0 N–H and O–H groups in total. The molecule has 0 unspecified atom stereocenters. The highest BCUT2D eigenvalue weighted by molar-refractivity contribution is 7.18. The van der Waals surface area contributed by atoms with Crippen molar-refractivity contribution in [2.75, 3.05) is 26.8 Å². The molecular formula is C17H22N2O3S. The second-order valence-electron chi connectivity index (χ2n) is 5.90. The van der Waals surface area contributed by atoms with Gasteiger partial charge in [-0.15, -0.1) is 11.3 Å². The van der Waals surface area contributed by atoms with Crippen LogP contribution in [0.4, 0.5) is 0 Å². The number of carbonyl (C=O) groups excluding carboxylic acids is 1. The molecule has 1 aromatic carbocycles. The molecule has 1 aliphatic rings. The molecule has 23 heavy (non-hydrogen) atoms. The minimum atomic E-state index is -0.212. The SMILES string of the molecule is COC(=O)C[C@@H]1CN([C@H](C)Cc2nc3ccccc3s2)CCO1. The number of morpholine rings is 1. The van der Waals surface area contributed by atoms with Crippen molar-refractivity contribution in [2.24, 2.45) is 0 Å². The topological polar surface area (TPSA) is 51.7 Å². The van der Waals surface area contributed by atoms with Gasteiger partial charge in [0, 0.05) is 25.6 Å². The van der Waals surface area contributed by atoms with Gasteiger partial charge in [0.15, 0.2) is 0 Å². The van der Waals surface area contributed by atoms with Gasteiger partial charge in [0.25, 0.3) is 0 Å². The van der Waals surface area contributed by atoms with Gasteiger partial charge in [-0.2, -0.15) is 0 Å². The summed E-state index contributed by atoms with van der Waals surface area (Å²) in [5.41, 5.74) is 1.07. The molecule has 5 nitrogen and oxygen atoms in total. The molecule has 1 fully saturated rings. The normalized spacial score (nSPS) is 20.5. The molecular weight excluding hydrogens is 312 g/mol. The quantitative estimate of drug-likeness (QED) is 0.786. The number of thiazole rings is 1. The number of para-hydroxylation sites is 1. The van der Waals surface area contributed by atoms with Gasteiger partial charge in [-0.3, -0.25) is 9.69 Å². The Balaban J connectivity index is 1.60. The van der Waals surface area contributed by atoms with Gasteiger partial charge < -0.3 is 9.47 Å². The zero-order valence-electron chi connectivity index (χ0n) is 13.5. The number of fused-ring (bicyclic) bond motifs is 1. The van der Waals surface area contributed by atoms with Gasteiger partial charge in [-0.05, 0) is 19.1 Å². The Kier molecular flexibility index (Phi) is 5.25. The summed E-state index contributed by atoms with van der Waals surface area (Å²) >= 11 is 1.76. The minimum absolute atomic E-state index is 0.0750. The van der Waals surface area contributed by atoms with Crippen molar-refractivity contribution in [3.63, 3.8) is 0 Å². The highest BCUT2D eigenvalue weighted by Crippen LogP contribution is 2.24. The van der Waals surface area contributed by atoms with Crippen LogP contribution in [-0.4, -0.2) is 54.8 Å². The summed E-state index contributed by atoms with van der Waals surface area (Å²) in [6.07, 6.45) is 1.17. The van der Waals surface area contributed by atoms with Crippen molar-refractivity contribution in [1.82, 2.24) is 9.88 Å². The molecule has 1 aliphatic heterocycles. The Morgan fingerprint density at radius 1 is 1.52 bits per heavy atom. The van der Waals surface area contributed by atoms with Crippen molar-refractivity contribution in [2.45, 2.75) is 31.9 Å². The number of hydrogen-bond donors (Lipinski definition) is 0. The zero-order valence-corrected chi connectivity index (χ0v) is 14.3. The number of benzene rings is 1. The summed E-state index contributed by atoms with van der Waals surface area (Å²) in [4.78, 5) is 18.5. The molecule has 2 atom stereocenters. The number of methoxy groups -OCH3 is 1. The van der Waals surface area contributed by atoms with Crippen molar-refractivity contribution >= 4 is 27.5 Å². The largest absolute Gasteiger partial charge is 0.469 e. The standard InChI is InChI=1S/C17H22N2O3S/c1-12(9-16-18-14-5-3-4-6-15(14)23-16)19-7-8-22-13(11-19)10-17(20)21-2/h3-6,12-13H,7-11H2,1-2H3/t12-,13-/m1/s1. The Morgan fingerprint density at radius 3 is 3.13 bits per heavy atom. The van der Waals surface area contributed by atoms with E-state index in [1.807, 2.05) is 12.1 Å². The van der Waals surface area contributed by atoms with Gasteiger partial charge in [0.2, 0.25) is 0 Å². The Bertz CT molecular complexity index is 640. The van der Waals surface area contributed by atoms with Crippen LogP contribution in [0.25, 0.3) is 10.2 Å². The molecule has 0 radical (unpaired) electrons. The molecule has 0 amide bonds. The van der Waals surface area contributed by atoms with Crippen molar-refractivity contribution in [3.05, 3.63) is 29.3 Å². The monoisotopic (exact) mass is 334 g/mol. The fourth-order valence-electron chi connectivity index (χ4n) is 2.92. The predicted octanol–water partition coefficient (Wildman–Crippen LogP) is 2.49. The third-order valence-corrected chi connectivity index (χ3v) is 5.28. The van der Waals surface area contributed by atoms with E-state index in [2.05, 4.69) is 24.0 Å². The molecule has 6 heteroatoms. The van der Waals surface area contributed by atoms with Crippen LogP contribution in [0.2, 0.25) is 0 Å². The second-order valence-corrected chi connectivity index (χ2v) is 7.01. The molecule has 2 aromatic rings. The van der Waals surface area contributed by atoms with E-state index in [-0.39, 0.29) is 12.1 Å². The molecule has 1 aromatic heterocycles. The molecule has 2 heterocycles. The lowest BCUT2D eigenvalue weighted by molar-refractivity contribution is -0.146. The number of hydrogen-bond acceptors (Lipinski definition) is 6. The van der Waals surface area contributed by atoms with Gasteiger partial charge in [-0.1, -0.05) is 12.1 Å². The van der Waals surface area contributed by atoms with Crippen LogP contribution < -0.4 is 0 Å². The highest BCUT2D eigenvalue weighted by Gasteiger charge is 2.26. The van der Waals surface area contributed by atoms with Crippen LogP contribution in [0.1, 0.15) is 18.4 Å². The van der Waals surface area contributed by atoms with E-state index >= 15 is 0 Å². The van der Waals surface area contributed by atoms with Gasteiger partial charge in [0.05, 0.1) is 41.5 Å². The number of aromatic nitrogens is 1. The van der Waals surface area contributed by atoms with E-state index < -0.39 is 0 Å². The number of carbonyl (C=O) groups is 1. The van der Waals surface area contributed by atoms with Crippen LogP contribution >= 0.6 is 11.3 Å². The van der Waals surface area contributed by atoms with Crippen LogP contribution in [-0.2, 0) is 20.7 Å². The lowest BCUT2D eigenvalue weighted by Crippen LogP contribution is -2.48. The van der Waals surface area contributed by atoms with Gasteiger partial charge >= 0.3 is 5.97 Å². The van der Waals surface area contributed by atoms with E-state index in [1.54, 1.807) is 11.3 Å². The summed E-state index contributed by atoms with van der Waals surface area (Å²) in [7, 11) is 1.42. The average molecular weight is 334 g/mol. The lowest BCUT2D eigenvalue weighted by atomic mass is 10.1. The summed E-state index contributed by atoms with van der Waals surface area (Å²) in [6, 6.07) is 8.62. The molecule has 0 aliphatic carbocycles. The Morgan fingerprint density at radius 2 is 2.35 bits per heavy atom. The molecule has 124 valence electrons. The third kappa shape index (κ3) is 4.07. The zero-order chi connectivity index (χ0) is 16.2. The van der Waals surface area contributed by atoms with Gasteiger partial charge in [-0.25, -0.2) is 4.98 Å². The Hall–Kier alpha value is -1.50. The number of ether oxygens (including phenoxy) is 2. The van der Waals surface area contributed by atoms with E-state index in [0.29, 0.717) is 19.1 Å². The van der Waals surface area contributed by atoms with Crippen LogP contribution in [0.5, 0.6) is 0 Å².